The summed E-state index contributed by atoms with van der Waals surface area (Å²) >= 11 is 6.38. The Hall–Kier alpha value is -1.55. The smallest absolute Gasteiger partial charge is 0.122 e. The fourth-order valence-corrected chi connectivity index (χ4v) is 3.32. The van der Waals surface area contributed by atoms with Gasteiger partial charge in [-0.15, -0.1) is 0 Å². The van der Waals surface area contributed by atoms with Gasteiger partial charge in [0.05, 0.1) is 7.11 Å². The van der Waals surface area contributed by atoms with Gasteiger partial charge in [-0.25, -0.2) is 0 Å². The van der Waals surface area contributed by atoms with E-state index in [0.29, 0.717) is 17.9 Å². The molecule has 2 rings (SSSR count). The molecule has 2 aromatic carbocycles. The van der Waals surface area contributed by atoms with Crippen molar-refractivity contribution in [2.45, 2.75) is 31.4 Å². The van der Waals surface area contributed by atoms with Gasteiger partial charge in [-0.3, -0.25) is 0 Å². The zero-order valence-corrected chi connectivity index (χ0v) is 13.7. The highest BCUT2D eigenvalue weighted by Gasteiger charge is 2.31. The van der Waals surface area contributed by atoms with E-state index in [1.54, 1.807) is 7.11 Å². The van der Waals surface area contributed by atoms with E-state index in [1.807, 2.05) is 48.5 Å². The number of benzene rings is 2. The van der Waals surface area contributed by atoms with Gasteiger partial charge in [0.1, 0.15) is 12.0 Å². The van der Waals surface area contributed by atoms with Crippen molar-refractivity contribution < 1.29 is 9.84 Å². The van der Waals surface area contributed by atoms with Crippen LogP contribution in [0, 0.1) is 0 Å². The molecule has 2 aromatic rings. The van der Waals surface area contributed by atoms with Crippen LogP contribution in [0.25, 0.3) is 0 Å². The molecule has 0 saturated heterocycles. The van der Waals surface area contributed by atoms with Crippen LogP contribution in [-0.2, 0) is 11.8 Å². The van der Waals surface area contributed by atoms with Gasteiger partial charge in [-0.05, 0) is 36.1 Å². The Balaban J connectivity index is 2.44. The predicted molar refractivity (Wildman–Crippen MR) is 90.3 cm³/mol. The molecule has 3 N–H and O–H groups in total. The molecule has 0 saturated carbocycles. The van der Waals surface area contributed by atoms with Crippen molar-refractivity contribution in [2.75, 3.05) is 7.11 Å². The minimum absolute atomic E-state index is 0.388. The Labute approximate surface area is 136 Å². The van der Waals surface area contributed by atoms with Crippen molar-refractivity contribution in [1.82, 2.24) is 0 Å². The van der Waals surface area contributed by atoms with Crippen molar-refractivity contribution in [2.24, 2.45) is 5.73 Å². The van der Waals surface area contributed by atoms with Crippen LogP contribution < -0.4 is 10.5 Å². The standard InChI is InChI=1S/C18H22ClNO2/c1-18(12-17(20)21,14-8-4-5-9-15(14)19)11-13-7-3-6-10-16(13)22-2/h3-10,17,21H,11-12,20H2,1-2H3/t17-,18?/m1/s1. The van der Waals surface area contributed by atoms with E-state index in [2.05, 4.69) is 6.92 Å². The van der Waals surface area contributed by atoms with Crippen LogP contribution in [0.1, 0.15) is 24.5 Å². The van der Waals surface area contributed by atoms with Gasteiger partial charge in [0.25, 0.3) is 0 Å². The van der Waals surface area contributed by atoms with Crippen LogP contribution in [0.4, 0.5) is 0 Å². The number of hydrogen-bond donors (Lipinski definition) is 2. The molecule has 118 valence electrons. The van der Waals surface area contributed by atoms with Gasteiger partial charge >= 0.3 is 0 Å². The van der Waals surface area contributed by atoms with E-state index < -0.39 is 6.23 Å². The summed E-state index contributed by atoms with van der Waals surface area (Å²) in [6.07, 6.45) is 0.181. The third-order valence-corrected chi connectivity index (χ3v) is 4.29. The second-order valence-electron chi connectivity index (χ2n) is 5.80. The number of hydrogen-bond acceptors (Lipinski definition) is 3. The lowest BCUT2D eigenvalue weighted by Crippen LogP contribution is -2.34. The van der Waals surface area contributed by atoms with Crippen molar-refractivity contribution in [1.29, 1.82) is 0 Å². The van der Waals surface area contributed by atoms with E-state index in [0.717, 1.165) is 16.9 Å². The molecule has 0 heterocycles. The Bertz CT molecular complexity index is 630. The van der Waals surface area contributed by atoms with Crippen LogP contribution in [0.15, 0.2) is 48.5 Å². The first kappa shape index (κ1) is 16.8. The third-order valence-electron chi connectivity index (χ3n) is 3.96. The highest BCUT2D eigenvalue weighted by Crippen LogP contribution is 2.38. The summed E-state index contributed by atoms with van der Waals surface area (Å²) in [4.78, 5) is 0. The maximum atomic E-state index is 9.75. The van der Waals surface area contributed by atoms with E-state index in [-0.39, 0.29) is 5.41 Å². The molecule has 22 heavy (non-hydrogen) atoms. The third kappa shape index (κ3) is 3.80. The van der Waals surface area contributed by atoms with Crippen molar-refractivity contribution in [3.8, 4) is 5.75 Å². The zero-order chi connectivity index (χ0) is 16.2. The van der Waals surface area contributed by atoms with Gasteiger partial charge < -0.3 is 15.6 Å². The Morgan fingerprint density at radius 1 is 1.18 bits per heavy atom. The fourth-order valence-electron chi connectivity index (χ4n) is 2.96. The van der Waals surface area contributed by atoms with Crippen molar-refractivity contribution in [3.63, 3.8) is 0 Å². The van der Waals surface area contributed by atoms with Gasteiger partial charge in [0.2, 0.25) is 0 Å². The lowest BCUT2D eigenvalue weighted by atomic mass is 9.74. The fraction of sp³-hybridized carbons (Fsp3) is 0.333. The van der Waals surface area contributed by atoms with E-state index in [9.17, 15) is 5.11 Å². The average Bonchev–Trinajstić information content (AvgIpc) is 2.47. The van der Waals surface area contributed by atoms with Crippen LogP contribution in [0.3, 0.4) is 0 Å². The van der Waals surface area contributed by atoms with E-state index in [1.165, 1.54) is 0 Å². The number of para-hydroxylation sites is 1. The largest absolute Gasteiger partial charge is 0.496 e. The number of ether oxygens (including phenoxy) is 1. The molecule has 1 unspecified atom stereocenters. The average molecular weight is 320 g/mol. The second kappa shape index (κ2) is 7.14. The molecule has 2 atom stereocenters. The molecule has 3 nitrogen and oxygen atoms in total. The van der Waals surface area contributed by atoms with Gasteiger partial charge in [-0.2, -0.15) is 0 Å². The molecule has 0 aliphatic carbocycles. The van der Waals surface area contributed by atoms with Gasteiger partial charge in [0, 0.05) is 10.4 Å². The molecule has 0 aliphatic rings. The summed E-state index contributed by atoms with van der Waals surface area (Å²) in [7, 11) is 1.66. The highest BCUT2D eigenvalue weighted by atomic mass is 35.5. The van der Waals surface area contributed by atoms with Crippen LogP contribution in [-0.4, -0.2) is 18.4 Å². The number of aliphatic hydroxyl groups is 1. The Kier molecular flexibility index (Phi) is 5.46. The zero-order valence-electron chi connectivity index (χ0n) is 12.9. The van der Waals surface area contributed by atoms with Crippen LogP contribution in [0.5, 0.6) is 5.75 Å². The minimum atomic E-state index is -0.907. The molecule has 4 heteroatoms. The number of nitrogens with two attached hydrogens (primary N) is 1. The van der Waals surface area contributed by atoms with Gasteiger partial charge in [-0.1, -0.05) is 54.9 Å². The lowest BCUT2D eigenvalue weighted by molar-refractivity contribution is 0.140. The monoisotopic (exact) mass is 319 g/mol. The highest BCUT2D eigenvalue weighted by molar-refractivity contribution is 6.31. The van der Waals surface area contributed by atoms with Crippen LogP contribution in [0.2, 0.25) is 5.02 Å². The van der Waals surface area contributed by atoms with Crippen molar-refractivity contribution >= 4 is 11.6 Å². The molecular formula is C18H22ClNO2. The Morgan fingerprint density at radius 3 is 2.45 bits per heavy atom. The molecular weight excluding hydrogens is 298 g/mol. The maximum Gasteiger partial charge on any atom is 0.122 e. The van der Waals surface area contributed by atoms with Gasteiger partial charge in [0.15, 0.2) is 0 Å². The number of rotatable bonds is 6. The van der Waals surface area contributed by atoms with Crippen molar-refractivity contribution in [3.05, 3.63) is 64.7 Å². The second-order valence-corrected chi connectivity index (χ2v) is 6.21. The van der Waals surface area contributed by atoms with E-state index in [4.69, 9.17) is 22.1 Å². The molecule has 0 radical (unpaired) electrons. The van der Waals surface area contributed by atoms with E-state index >= 15 is 0 Å². The van der Waals surface area contributed by atoms with Crippen LogP contribution >= 0.6 is 11.6 Å². The normalized spacial score (nSPS) is 15.1. The first-order valence-electron chi connectivity index (χ1n) is 7.27. The number of aliphatic hydroxyl groups excluding tert-OH is 1. The summed E-state index contributed by atoms with van der Waals surface area (Å²) in [5, 5.41) is 10.4. The molecule has 0 bridgehead atoms. The first-order chi connectivity index (χ1) is 10.5. The summed E-state index contributed by atoms with van der Waals surface area (Å²) < 4.78 is 5.44. The first-order valence-corrected chi connectivity index (χ1v) is 7.64. The molecule has 0 spiro atoms. The number of halogens is 1. The summed E-state index contributed by atoms with van der Waals surface area (Å²) in [5.74, 6) is 0.826. The molecule has 0 aliphatic heterocycles. The summed E-state index contributed by atoms with van der Waals surface area (Å²) in [6.45, 7) is 2.07. The molecule has 0 amide bonds. The maximum absolute atomic E-state index is 9.75. The minimum Gasteiger partial charge on any atom is -0.496 e. The number of methoxy groups -OCH3 is 1. The SMILES string of the molecule is COc1ccccc1CC(C)(C[C@H](N)O)c1ccccc1Cl. The molecule has 0 fully saturated rings. The topological polar surface area (TPSA) is 55.5 Å². The summed E-state index contributed by atoms with van der Waals surface area (Å²) in [6, 6.07) is 15.6. The summed E-state index contributed by atoms with van der Waals surface area (Å²) in [5.41, 5.74) is 7.33. The molecule has 0 aromatic heterocycles. The predicted octanol–water partition coefficient (Wildman–Crippen LogP) is 3.52. The Morgan fingerprint density at radius 2 is 1.82 bits per heavy atom. The quantitative estimate of drug-likeness (QED) is 0.801. The lowest BCUT2D eigenvalue weighted by Gasteiger charge is -2.33.